The third-order valence-electron chi connectivity index (χ3n) is 2.28. The van der Waals surface area contributed by atoms with E-state index in [2.05, 4.69) is 5.32 Å². The summed E-state index contributed by atoms with van der Waals surface area (Å²) < 4.78 is 43.5. The third-order valence-corrected chi connectivity index (χ3v) is 2.28. The highest BCUT2D eigenvalue weighted by Gasteiger charge is 2.18. The van der Waals surface area contributed by atoms with Crippen LogP contribution in [0, 0.1) is 17.5 Å². The minimum absolute atomic E-state index is 0.0279. The number of rotatable bonds is 2. The van der Waals surface area contributed by atoms with Gasteiger partial charge in [0.2, 0.25) is 0 Å². The molecule has 0 saturated carbocycles. The zero-order chi connectivity index (χ0) is 10.8. The molecule has 0 spiro atoms. The first-order valence-electron chi connectivity index (χ1n) is 4.69. The normalized spacial score (nSPS) is 20.6. The van der Waals surface area contributed by atoms with Crippen molar-refractivity contribution in [3.63, 3.8) is 0 Å². The molecule has 1 saturated heterocycles. The second kappa shape index (κ2) is 4.10. The summed E-state index contributed by atoms with van der Waals surface area (Å²) in [6.07, 6.45) is 0.676. The Morgan fingerprint density at radius 2 is 1.87 bits per heavy atom. The summed E-state index contributed by atoms with van der Waals surface area (Å²) in [6.45, 7) is 1.46. The van der Waals surface area contributed by atoms with Gasteiger partial charge < -0.3 is 10.1 Å². The standard InChI is InChI=1S/C10H10F3NO/c11-8-3-7(4-9(12)10(8)13)15-6-1-2-14-5-6/h3-4,6,14H,1-2,5H2. The minimum Gasteiger partial charge on any atom is -0.489 e. The summed E-state index contributed by atoms with van der Waals surface area (Å²) in [6, 6.07) is 1.72. The van der Waals surface area contributed by atoms with Crippen molar-refractivity contribution < 1.29 is 17.9 Å². The predicted molar refractivity (Wildman–Crippen MR) is 48.2 cm³/mol. The molecule has 1 unspecified atom stereocenters. The SMILES string of the molecule is Fc1cc(OC2CCNC2)cc(F)c1F. The molecule has 0 bridgehead atoms. The van der Waals surface area contributed by atoms with Crippen molar-refractivity contribution in [2.45, 2.75) is 12.5 Å². The first-order chi connectivity index (χ1) is 7.16. The van der Waals surface area contributed by atoms with Crippen LogP contribution in [0.1, 0.15) is 6.42 Å². The van der Waals surface area contributed by atoms with E-state index in [0.29, 0.717) is 6.54 Å². The van der Waals surface area contributed by atoms with E-state index in [4.69, 9.17) is 4.74 Å². The lowest BCUT2D eigenvalue weighted by atomic mass is 10.3. The smallest absolute Gasteiger partial charge is 0.194 e. The molecule has 5 heteroatoms. The molecule has 0 radical (unpaired) electrons. The van der Waals surface area contributed by atoms with Gasteiger partial charge in [0, 0.05) is 18.7 Å². The van der Waals surface area contributed by atoms with Crippen molar-refractivity contribution in [1.29, 1.82) is 0 Å². The summed E-state index contributed by atoms with van der Waals surface area (Å²) in [5.41, 5.74) is 0. The van der Waals surface area contributed by atoms with Crippen LogP contribution >= 0.6 is 0 Å². The van der Waals surface area contributed by atoms with Gasteiger partial charge in [-0.2, -0.15) is 0 Å². The van der Waals surface area contributed by atoms with E-state index in [1.165, 1.54) is 0 Å². The number of hydrogen-bond acceptors (Lipinski definition) is 2. The molecule has 1 atom stereocenters. The van der Waals surface area contributed by atoms with Crippen LogP contribution in [0.5, 0.6) is 5.75 Å². The highest BCUT2D eigenvalue weighted by Crippen LogP contribution is 2.21. The Balaban J connectivity index is 2.14. The van der Waals surface area contributed by atoms with Gasteiger partial charge in [-0.15, -0.1) is 0 Å². The fourth-order valence-electron chi connectivity index (χ4n) is 1.52. The second-order valence-corrected chi connectivity index (χ2v) is 3.43. The molecule has 1 aromatic carbocycles. The van der Waals surface area contributed by atoms with Crippen LogP contribution in [-0.2, 0) is 0 Å². The highest BCUT2D eigenvalue weighted by molar-refractivity contribution is 5.25. The van der Waals surface area contributed by atoms with Crippen molar-refractivity contribution in [3.05, 3.63) is 29.6 Å². The van der Waals surface area contributed by atoms with Crippen LogP contribution in [0.25, 0.3) is 0 Å². The maximum Gasteiger partial charge on any atom is 0.194 e. The molecule has 82 valence electrons. The van der Waals surface area contributed by atoms with Crippen LogP contribution < -0.4 is 10.1 Å². The van der Waals surface area contributed by atoms with Crippen LogP contribution in [0.2, 0.25) is 0 Å². The van der Waals surface area contributed by atoms with Gasteiger partial charge in [0.15, 0.2) is 17.5 Å². The number of benzene rings is 1. The minimum atomic E-state index is -1.47. The molecular formula is C10H10F3NO. The molecular weight excluding hydrogens is 207 g/mol. The Labute approximate surface area is 85.0 Å². The van der Waals surface area contributed by atoms with Crippen LogP contribution in [0.3, 0.4) is 0 Å². The first kappa shape index (κ1) is 10.3. The van der Waals surface area contributed by atoms with E-state index in [1.807, 2.05) is 0 Å². The van der Waals surface area contributed by atoms with E-state index in [1.54, 1.807) is 0 Å². The first-order valence-corrected chi connectivity index (χ1v) is 4.69. The molecule has 0 amide bonds. The monoisotopic (exact) mass is 217 g/mol. The fraction of sp³-hybridized carbons (Fsp3) is 0.400. The summed E-state index contributed by atoms with van der Waals surface area (Å²) >= 11 is 0. The van der Waals surface area contributed by atoms with Gasteiger partial charge in [-0.25, -0.2) is 13.2 Å². The molecule has 0 aromatic heterocycles. The molecule has 15 heavy (non-hydrogen) atoms. The number of halogens is 3. The van der Waals surface area contributed by atoms with E-state index >= 15 is 0 Å². The quantitative estimate of drug-likeness (QED) is 0.763. The lowest BCUT2D eigenvalue weighted by molar-refractivity contribution is 0.220. The van der Waals surface area contributed by atoms with E-state index in [9.17, 15) is 13.2 Å². The number of nitrogens with one attached hydrogen (secondary N) is 1. The molecule has 1 aliphatic rings. The van der Waals surface area contributed by atoms with Gasteiger partial charge in [-0.1, -0.05) is 0 Å². The predicted octanol–water partition coefficient (Wildman–Crippen LogP) is 1.84. The molecule has 1 aromatic rings. The average molecular weight is 217 g/mol. The molecule has 2 rings (SSSR count). The molecule has 0 aliphatic carbocycles. The van der Waals surface area contributed by atoms with Gasteiger partial charge in [0.05, 0.1) is 0 Å². The lowest BCUT2D eigenvalue weighted by Crippen LogP contribution is -2.19. The van der Waals surface area contributed by atoms with Gasteiger partial charge in [-0.05, 0) is 13.0 Å². The summed E-state index contributed by atoms with van der Waals surface area (Å²) in [5.74, 6) is -3.89. The maximum atomic E-state index is 12.8. The van der Waals surface area contributed by atoms with Gasteiger partial charge in [-0.3, -0.25) is 0 Å². The van der Waals surface area contributed by atoms with E-state index < -0.39 is 17.5 Å². The Bertz CT molecular complexity index is 341. The second-order valence-electron chi connectivity index (χ2n) is 3.43. The van der Waals surface area contributed by atoms with Crippen molar-refractivity contribution in [1.82, 2.24) is 5.32 Å². The maximum absolute atomic E-state index is 12.8. The van der Waals surface area contributed by atoms with Crippen LogP contribution in [0.15, 0.2) is 12.1 Å². The van der Waals surface area contributed by atoms with Crippen molar-refractivity contribution in [3.8, 4) is 5.75 Å². The average Bonchev–Trinajstić information content (AvgIpc) is 2.66. The zero-order valence-electron chi connectivity index (χ0n) is 7.90. The molecule has 1 N–H and O–H groups in total. The zero-order valence-corrected chi connectivity index (χ0v) is 7.90. The number of ether oxygens (including phenoxy) is 1. The van der Waals surface area contributed by atoms with Crippen LogP contribution in [0.4, 0.5) is 13.2 Å². The van der Waals surface area contributed by atoms with E-state index in [0.717, 1.165) is 25.1 Å². The van der Waals surface area contributed by atoms with Crippen molar-refractivity contribution in [2.75, 3.05) is 13.1 Å². The molecule has 1 fully saturated rings. The van der Waals surface area contributed by atoms with Crippen molar-refractivity contribution >= 4 is 0 Å². The summed E-state index contributed by atoms with van der Waals surface area (Å²) in [4.78, 5) is 0. The molecule has 1 heterocycles. The largest absolute Gasteiger partial charge is 0.489 e. The summed E-state index contributed by atoms with van der Waals surface area (Å²) in [5, 5.41) is 3.05. The third kappa shape index (κ3) is 2.23. The summed E-state index contributed by atoms with van der Waals surface area (Å²) in [7, 11) is 0. The Morgan fingerprint density at radius 1 is 1.20 bits per heavy atom. The van der Waals surface area contributed by atoms with Gasteiger partial charge in [0.25, 0.3) is 0 Å². The van der Waals surface area contributed by atoms with E-state index in [-0.39, 0.29) is 11.9 Å². The lowest BCUT2D eigenvalue weighted by Gasteiger charge is -2.12. The Kier molecular flexibility index (Phi) is 2.81. The van der Waals surface area contributed by atoms with Crippen LogP contribution in [-0.4, -0.2) is 19.2 Å². The topological polar surface area (TPSA) is 21.3 Å². The fourth-order valence-corrected chi connectivity index (χ4v) is 1.52. The van der Waals surface area contributed by atoms with Gasteiger partial charge >= 0.3 is 0 Å². The Morgan fingerprint density at radius 3 is 2.40 bits per heavy atom. The number of hydrogen-bond donors (Lipinski definition) is 1. The highest BCUT2D eigenvalue weighted by atomic mass is 19.2. The molecule has 2 nitrogen and oxygen atoms in total. The van der Waals surface area contributed by atoms with Gasteiger partial charge in [0.1, 0.15) is 11.9 Å². The van der Waals surface area contributed by atoms with Crippen molar-refractivity contribution in [2.24, 2.45) is 0 Å². The molecule has 1 aliphatic heterocycles. The Hall–Kier alpha value is -1.23.